The lowest BCUT2D eigenvalue weighted by atomic mass is 9.99. The van der Waals surface area contributed by atoms with Gasteiger partial charge in [-0.05, 0) is 41.0 Å². The van der Waals surface area contributed by atoms with E-state index in [2.05, 4.69) is 5.32 Å². The first-order chi connectivity index (χ1) is 13.4. The van der Waals surface area contributed by atoms with Gasteiger partial charge in [0.1, 0.15) is 5.75 Å². The fourth-order valence-electron chi connectivity index (χ4n) is 2.87. The Balaban J connectivity index is 1.66. The maximum absolute atomic E-state index is 12.3. The number of phenolic OH excluding ortho intramolecular Hbond substituents is 1. The number of phenols is 1. The van der Waals surface area contributed by atoms with Gasteiger partial charge in [-0.2, -0.15) is 0 Å². The number of rotatable bonds is 6. The van der Waals surface area contributed by atoms with Gasteiger partial charge >= 0.3 is 5.97 Å². The monoisotopic (exact) mass is 376 g/mol. The molecule has 6 heteroatoms. The fraction of sp³-hybridized carbons (Fsp3) is 0.0909. The second-order valence-corrected chi connectivity index (χ2v) is 6.38. The van der Waals surface area contributed by atoms with E-state index in [0.717, 1.165) is 16.7 Å². The van der Waals surface area contributed by atoms with Crippen LogP contribution in [0.2, 0.25) is 0 Å². The van der Waals surface area contributed by atoms with Crippen molar-refractivity contribution in [1.82, 2.24) is 0 Å². The molecule has 0 aliphatic heterocycles. The summed E-state index contributed by atoms with van der Waals surface area (Å²) in [5.41, 5.74) is 9.14. The van der Waals surface area contributed by atoms with E-state index in [-0.39, 0.29) is 29.3 Å². The highest BCUT2D eigenvalue weighted by molar-refractivity contribution is 6.00. The Morgan fingerprint density at radius 2 is 1.46 bits per heavy atom. The molecule has 3 rings (SSSR count). The smallest absolute Gasteiger partial charge is 0.337 e. The Hall–Kier alpha value is -3.64. The number of hydrogen-bond donors (Lipinski definition) is 4. The number of hydrogen-bond acceptors (Lipinski definition) is 4. The fourth-order valence-corrected chi connectivity index (χ4v) is 2.87. The van der Waals surface area contributed by atoms with Gasteiger partial charge in [0, 0.05) is 12.5 Å². The van der Waals surface area contributed by atoms with Crippen LogP contribution in [-0.2, 0) is 4.79 Å². The van der Waals surface area contributed by atoms with Crippen molar-refractivity contribution in [3.8, 4) is 16.9 Å². The summed E-state index contributed by atoms with van der Waals surface area (Å²) < 4.78 is 0. The van der Waals surface area contributed by atoms with Crippen LogP contribution in [-0.4, -0.2) is 22.1 Å². The van der Waals surface area contributed by atoms with E-state index < -0.39 is 12.0 Å². The molecule has 1 amide bonds. The highest BCUT2D eigenvalue weighted by atomic mass is 16.4. The third-order valence-corrected chi connectivity index (χ3v) is 4.38. The first kappa shape index (κ1) is 19.1. The molecule has 28 heavy (non-hydrogen) atoms. The maximum Gasteiger partial charge on any atom is 0.337 e. The number of carbonyl (C=O) groups excluding carboxylic acids is 1. The van der Waals surface area contributed by atoms with Crippen molar-refractivity contribution in [2.45, 2.75) is 12.5 Å². The number of carbonyl (C=O) groups is 2. The van der Waals surface area contributed by atoms with Gasteiger partial charge in [-0.15, -0.1) is 0 Å². The zero-order chi connectivity index (χ0) is 20.1. The standard InChI is InChI=1S/C22H20N2O4/c23-19(13-21(26)24-20-4-2-1-3-18(20)22(27)28)16-7-5-14(6-8-16)15-9-11-17(25)12-10-15/h1-12,19,25H,13,23H2,(H,24,26)(H,27,28). The summed E-state index contributed by atoms with van der Waals surface area (Å²) >= 11 is 0. The maximum atomic E-state index is 12.3. The lowest BCUT2D eigenvalue weighted by Gasteiger charge is -2.14. The molecule has 0 heterocycles. The summed E-state index contributed by atoms with van der Waals surface area (Å²) in [6, 6.07) is 20.1. The highest BCUT2D eigenvalue weighted by Crippen LogP contribution is 2.24. The van der Waals surface area contributed by atoms with Crippen LogP contribution in [0.3, 0.4) is 0 Å². The van der Waals surface area contributed by atoms with E-state index >= 15 is 0 Å². The van der Waals surface area contributed by atoms with Gasteiger partial charge in [-0.3, -0.25) is 4.79 Å². The SMILES string of the molecule is NC(CC(=O)Nc1ccccc1C(=O)O)c1ccc(-c2ccc(O)cc2)cc1. The quantitative estimate of drug-likeness (QED) is 0.523. The number of benzene rings is 3. The Labute approximate surface area is 162 Å². The molecule has 0 saturated heterocycles. The number of anilines is 1. The number of para-hydroxylation sites is 1. The van der Waals surface area contributed by atoms with Crippen molar-refractivity contribution in [1.29, 1.82) is 0 Å². The van der Waals surface area contributed by atoms with Crippen LogP contribution in [0.1, 0.15) is 28.4 Å². The Morgan fingerprint density at radius 1 is 0.893 bits per heavy atom. The summed E-state index contributed by atoms with van der Waals surface area (Å²) in [5, 5.41) is 21.2. The number of nitrogens with two attached hydrogens (primary N) is 1. The van der Waals surface area contributed by atoms with E-state index in [4.69, 9.17) is 5.73 Å². The summed E-state index contributed by atoms with van der Waals surface area (Å²) in [6.45, 7) is 0. The van der Waals surface area contributed by atoms with Crippen molar-refractivity contribution >= 4 is 17.6 Å². The molecular formula is C22H20N2O4. The predicted octanol–water partition coefficient (Wildman–Crippen LogP) is 3.79. The highest BCUT2D eigenvalue weighted by Gasteiger charge is 2.15. The van der Waals surface area contributed by atoms with Crippen molar-refractivity contribution in [3.63, 3.8) is 0 Å². The summed E-state index contributed by atoms with van der Waals surface area (Å²) in [4.78, 5) is 23.5. The van der Waals surface area contributed by atoms with Gasteiger partial charge in [-0.1, -0.05) is 48.5 Å². The zero-order valence-corrected chi connectivity index (χ0v) is 15.0. The van der Waals surface area contributed by atoms with E-state index in [9.17, 15) is 19.8 Å². The second-order valence-electron chi connectivity index (χ2n) is 6.38. The molecular weight excluding hydrogens is 356 g/mol. The topological polar surface area (TPSA) is 113 Å². The summed E-state index contributed by atoms with van der Waals surface area (Å²) in [6.07, 6.45) is 0.0203. The van der Waals surface area contributed by atoms with Gasteiger partial charge in [0.2, 0.25) is 5.91 Å². The molecule has 0 spiro atoms. The first-order valence-electron chi connectivity index (χ1n) is 8.71. The largest absolute Gasteiger partial charge is 0.508 e. The van der Waals surface area contributed by atoms with Crippen LogP contribution in [0.15, 0.2) is 72.8 Å². The number of amides is 1. The van der Waals surface area contributed by atoms with Crippen LogP contribution in [0.4, 0.5) is 5.69 Å². The third-order valence-electron chi connectivity index (χ3n) is 4.38. The minimum absolute atomic E-state index is 0.0203. The molecule has 0 bridgehead atoms. The predicted molar refractivity (Wildman–Crippen MR) is 107 cm³/mol. The number of aromatic carboxylic acids is 1. The molecule has 142 valence electrons. The molecule has 6 nitrogen and oxygen atoms in total. The summed E-state index contributed by atoms with van der Waals surface area (Å²) in [5.74, 6) is -1.26. The molecule has 0 aliphatic carbocycles. The van der Waals surface area contributed by atoms with Gasteiger partial charge in [-0.25, -0.2) is 4.79 Å². The van der Waals surface area contributed by atoms with Crippen molar-refractivity contribution < 1.29 is 19.8 Å². The zero-order valence-electron chi connectivity index (χ0n) is 15.0. The summed E-state index contributed by atoms with van der Waals surface area (Å²) in [7, 11) is 0. The van der Waals surface area contributed by atoms with Crippen LogP contribution in [0.25, 0.3) is 11.1 Å². The molecule has 0 radical (unpaired) electrons. The minimum Gasteiger partial charge on any atom is -0.508 e. The van der Waals surface area contributed by atoms with Gasteiger partial charge in [0.05, 0.1) is 11.3 Å². The third kappa shape index (κ3) is 4.55. The molecule has 0 saturated carbocycles. The molecule has 0 fully saturated rings. The second kappa shape index (κ2) is 8.37. The molecule has 0 aromatic heterocycles. The Kier molecular flexibility index (Phi) is 5.72. The molecule has 5 N–H and O–H groups in total. The number of carboxylic acids is 1. The molecule has 1 unspecified atom stereocenters. The van der Waals surface area contributed by atoms with Gasteiger partial charge in [0.15, 0.2) is 0 Å². The van der Waals surface area contributed by atoms with E-state index in [1.807, 2.05) is 36.4 Å². The van der Waals surface area contributed by atoms with Crippen molar-refractivity contribution in [2.24, 2.45) is 5.73 Å². The van der Waals surface area contributed by atoms with Crippen LogP contribution < -0.4 is 11.1 Å². The Bertz CT molecular complexity index is 982. The molecule has 0 aliphatic rings. The lowest BCUT2D eigenvalue weighted by molar-refractivity contribution is -0.116. The first-order valence-corrected chi connectivity index (χ1v) is 8.71. The van der Waals surface area contributed by atoms with Gasteiger partial charge in [0.25, 0.3) is 0 Å². The van der Waals surface area contributed by atoms with E-state index in [1.165, 1.54) is 6.07 Å². The molecule has 3 aromatic rings. The molecule has 1 atom stereocenters. The lowest BCUT2D eigenvalue weighted by Crippen LogP contribution is -2.21. The van der Waals surface area contributed by atoms with Crippen LogP contribution >= 0.6 is 0 Å². The average molecular weight is 376 g/mol. The number of aromatic hydroxyl groups is 1. The van der Waals surface area contributed by atoms with E-state index in [1.54, 1.807) is 30.3 Å². The van der Waals surface area contributed by atoms with E-state index in [0.29, 0.717) is 0 Å². The number of nitrogens with one attached hydrogen (secondary N) is 1. The van der Waals surface area contributed by atoms with Crippen molar-refractivity contribution in [3.05, 3.63) is 83.9 Å². The normalized spacial score (nSPS) is 11.6. The minimum atomic E-state index is -1.11. The Morgan fingerprint density at radius 3 is 2.07 bits per heavy atom. The van der Waals surface area contributed by atoms with Crippen LogP contribution in [0, 0.1) is 0 Å². The van der Waals surface area contributed by atoms with Crippen molar-refractivity contribution in [2.75, 3.05) is 5.32 Å². The average Bonchev–Trinajstić information content (AvgIpc) is 2.69. The number of carboxylic acid groups (broad SMARTS) is 1. The van der Waals surface area contributed by atoms with Crippen LogP contribution in [0.5, 0.6) is 5.75 Å². The molecule has 3 aromatic carbocycles. The van der Waals surface area contributed by atoms with Gasteiger partial charge < -0.3 is 21.3 Å².